The molecule has 0 aromatic heterocycles. The van der Waals surface area contributed by atoms with Crippen LogP contribution in [0.3, 0.4) is 0 Å². The van der Waals surface area contributed by atoms with Gasteiger partial charge in [0.1, 0.15) is 0 Å². The number of hydrogen-bond donors (Lipinski definition) is 3. The zero-order valence-electron chi connectivity index (χ0n) is 11.1. The molecule has 1 atom stereocenters. The predicted octanol–water partition coefficient (Wildman–Crippen LogP) is 3.01. The summed E-state index contributed by atoms with van der Waals surface area (Å²) in [5.41, 5.74) is 0.478. The van der Waals surface area contributed by atoms with Gasteiger partial charge in [-0.05, 0) is 18.2 Å². The van der Waals surface area contributed by atoms with Crippen molar-refractivity contribution >= 4 is 52.8 Å². The van der Waals surface area contributed by atoms with Crippen LogP contribution in [0.5, 0.6) is 0 Å². The van der Waals surface area contributed by atoms with E-state index in [1.165, 1.54) is 24.0 Å². The average molecular weight is 347 g/mol. The molecular formula is C13H15ClN2O3S2. The Hall–Kier alpha value is -1.05. The van der Waals surface area contributed by atoms with Crippen LogP contribution in [0.2, 0.25) is 5.02 Å². The van der Waals surface area contributed by atoms with Crippen molar-refractivity contribution in [2.45, 2.75) is 5.25 Å². The van der Waals surface area contributed by atoms with E-state index >= 15 is 0 Å². The quantitative estimate of drug-likeness (QED) is 0.781. The number of carboxylic acid groups (broad SMARTS) is 1. The number of halogens is 1. The van der Waals surface area contributed by atoms with Gasteiger partial charge in [-0.1, -0.05) is 11.6 Å². The number of hydrogen-bond acceptors (Lipinski definition) is 4. The fourth-order valence-electron chi connectivity index (χ4n) is 1.80. The van der Waals surface area contributed by atoms with Crippen LogP contribution in [0, 0.1) is 0 Å². The summed E-state index contributed by atoms with van der Waals surface area (Å²) in [6, 6.07) is 3.99. The third-order valence-corrected chi connectivity index (χ3v) is 5.99. The second-order valence-corrected chi connectivity index (χ2v) is 7.37. The minimum absolute atomic E-state index is 0.0123. The number of carboxylic acids is 1. The van der Waals surface area contributed by atoms with Gasteiger partial charge >= 0.3 is 12.0 Å². The first-order chi connectivity index (χ1) is 10.1. The Morgan fingerprint density at radius 3 is 2.81 bits per heavy atom. The molecule has 1 aromatic carbocycles. The number of rotatable bonds is 4. The molecule has 1 fully saturated rings. The van der Waals surface area contributed by atoms with Crippen LogP contribution in [-0.4, -0.2) is 46.2 Å². The molecule has 0 spiro atoms. The second-order valence-electron chi connectivity index (χ2n) is 4.40. The third kappa shape index (κ3) is 5.01. The summed E-state index contributed by atoms with van der Waals surface area (Å²) in [7, 11) is 0. The summed E-state index contributed by atoms with van der Waals surface area (Å²) < 4.78 is 0. The molecule has 0 aliphatic carbocycles. The van der Waals surface area contributed by atoms with Gasteiger partial charge in [-0.2, -0.15) is 23.5 Å². The lowest BCUT2D eigenvalue weighted by atomic mass is 10.2. The molecule has 0 radical (unpaired) electrons. The molecule has 3 N–H and O–H groups in total. The molecule has 5 nitrogen and oxygen atoms in total. The van der Waals surface area contributed by atoms with E-state index in [4.69, 9.17) is 16.7 Å². The molecule has 1 aromatic rings. The molecule has 1 unspecified atom stereocenters. The van der Waals surface area contributed by atoms with Crippen LogP contribution >= 0.6 is 35.1 Å². The summed E-state index contributed by atoms with van der Waals surface area (Å²) >= 11 is 9.62. The second kappa shape index (κ2) is 7.82. The van der Waals surface area contributed by atoms with Crippen molar-refractivity contribution < 1.29 is 14.7 Å². The van der Waals surface area contributed by atoms with Crippen LogP contribution < -0.4 is 10.6 Å². The smallest absolute Gasteiger partial charge is 0.337 e. The Bertz CT molecular complexity index is 536. The largest absolute Gasteiger partial charge is 0.478 e. The summed E-state index contributed by atoms with van der Waals surface area (Å²) in [4.78, 5) is 22.6. The van der Waals surface area contributed by atoms with Gasteiger partial charge in [0, 0.05) is 34.7 Å². The molecule has 0 bridgehead atoms. The summed E-state index contributed by atoms with van der Waals surface area (Å²) in [5, 5.41) is 14.9. The first-order valence-corrected chi connectivity index (χ1v) is 8.91. The van der Waals surface area contributed by atoms with E-state index < -0.39 is 5.97 Å². The molecule has 21 heavy (non-hydrogen) atoms. The Kier molecular flexibility index (Phi) is 6.08. The minimum Gasteiger partial charge on any atom is -0.478 e. The van der Waals surface area contributed by atoms with Crippen LogP contribution in [0.4, 0.5) is 10.5 Å². The maximum atomic E-state index is 11.8. The summed E-state index contributed by atoms with van der Waals surface area (Å²) in [6.45, 7) is 0.616. The van der Waals surface area contributed by atoms with Crippen molar-refractivity contribution in [3.05, 3.63) is 28.8 Å². The molecule has 8 heteroatoms. The SMILES string of the molecule is O=C(NCC1CSCCS1)Nc1ccc(C(=O)O)c(Cl)c1. The number of anilines is 1. The Labute approximate surface area is 136 Å². The van der Waals surface area contributed by atoms with Gasteiger partial charge in [0.2, 0.25) is 0 Å². The molecule has 0 saturated carbocycles. The van der Waals surface area contributed by atoms with Gasteiger partial charge in [0.05, 0.1) is 10.6 Å². The highest BCUT2D eigenvalue weighted by Gasteiger charge is 2.15. The number of urea groups is 1. The molecular weight excluding hydrogens is 332 g/mol. The number of carbonyl (C=O) groups is 2. The van der Waals surface area contributed by atoms with Crippen molar-refractivity contribution in [2.24, 2.45) is 0 Å². The summed E-state index contributed by atoms with van der Waals surface area (Å²) in [6.07, 6.45) is 0. The Balaban J connectivity index is 1.84. The van der Waals surface area contributed by atoms with Crippen LogP contribution in [-0.2, 0) is 0 Å². The maximum Gasteiger partial charge on any atom is 0.337 e. The number of nitrogens with one attached hydrogen (secondary N) is 2. The lowest BCUT2D eigenvalue weighted by Crippen LogP contribution is -2.36. The third-order valence-electron chi connectivity index (χ3n) is 2.83. The van der Waals surface area contributed by atoms with Crippen molar-refractivity contribution in [1.82, 2.24) is 5.32 Å². The summed E-state index contributed by atoms with van der Waals surface area (Å²) in [5.74, 6) is 2.24. The van der Waals surface area contributed by atoms with Gasteiger partial charge in [0.25, 0.3) is 0 Å². The standard InChI is InChI=1S/C13H15ClN2O3S2/c14-11-5-8(1-2-10(11)12(17)18)16-13(19)15-6-9-7-20-3-4-21-9/h1-2,5,9H,3-4,6-7H2,(H,17,18)(H2,15,16,19). The van der Waals surface area contributed by atoms with E-state index in [1.807, 2.05) is 23.5 Å². The Morgan fingerprint density at radius 1 is 1.38 bits per heavy atom. The predicted molar refractivity (Wildman–Crippen MR) is 89.0 cm³/mol. The highest BCUT2D eigenvalue weighted by molar-refractivity contribution is 8.06. The van der Waals surface area contributed by atoms with Gasteiger partial charge in [-0.15, -0.1) is 0 Å². The normalized spacial score (nSPS) is 18.0. The highest BCUT2D eigenvalue weighted by Crippen LogP contribution is 2.23. The maximum absolute atomic E-state index is 11.8. The zero-order valence-corrected chi connectivity index (χ0v) is 13.5. The first-order valence-electron chi connectivity index (χ1n) is 6.33. The van der Waals surface area contributed by atoms with Gasteiger partial charge in [0.15, 0.2) is 0 Å². The number of thioether (sulfide) groups is 2. The van der Waals surface area contributed by atoms with Crippen LogP contribution in [0.1, 0.15) is 10.4 Å². The average Bonchev–Trinajstić information content (AvgIpc) is 2.46. The minimum atomic E-state index is -1.09. The van der Waals surface area contributed by atoms with E-state index in [-0.39, 0.29) is 16.6 Å². The molecule has 114 valence electrons. The molecule has 2 amide bonds. The van der Waals surface area contributed by atoms with Crippen molar-refractivity contribution in [3.8, 4) is 0 Å². The van der Waals surface area contributed by atoms with Crippen LogP contribution in [0.15, 0.2) is 18.2 Å². The first kappa shape index (κ1) is 16.3. The van der Waals surface area contributed by atoms with E-state index in [9.17, 15) is 9.59 Å². The number of amides is 2. The number of aromatic carboxylic acids is 1. The number of carbonyl (C=O) groups excluding carboxylic acids is 1. The monoisotopic (exact) mass is 346 g/mol. The number of benzene rings is 1. The lowest BCUT2D eigenvalue weighted by molar-refractivity contribution is 0.0697. The van der Waals surface area contributed by atoms with E-state index in [1.54, 1.807) is 0 Å². The fraction of sp³-hybridized carbons (Fsp3) is 0.385. The van der Waals surface area contributed by atoms with Crippen molar-refractivity contribution in [2.75, 3.05) is 29.1 Å². The lowest BCUT2D eigenvalue weighted by Gasteiger charge is -2.21. The molecule has 1 aliphatic rings. The van der Waals surface area contributed by atoms with Crippen molar-refractivity contribution in [3.63, 3.8) is 0 Å². The molecule has 2 rings (SSSR count). The van der Waals surface area contributed by atoms with Crippen molar-refractivity contribution in [1.29, 1.82) is 0 Å². The highest BCUT2D eigenvalue weighted by atomic mass is 35.5. The molecule has 1 aliphatic heterocycles. The van der Waals surface area contributed by atoms with Gasteiger partial charge < -0.3 is 15.7 Å². The topological polar surface area (TPSA) is 78.4 Å². The fourth-order valence-corrected chi connectivity index (χ4v) is 4.68. The van der Waals surface area contributed by atoms with E-state index in [0.29, 0.717) is 17.5 Å². The van der Waals surface area contributed by atoms with E-state index in [0.717, 1.165) is 11.5 Å². The molecule has 1 heterocycles. The Morgan fingerprint density at radius 2 is 2.19 bits per heavy atom. The van der Waals surface area contributed by atoms with E-state index in [2.05, 4.69) is 10.6 Å². The zero-order chi connectivity index (χ0) is 15.2. The van der Waals surface area contributed by atoms with Crippen LogP contribution in [0.25, 0.3) is 0 Å². The van der Waals surface area contributed by atoms with Gasteiger partial charge in [-0.25, -0.2) is 9.59 Å². The molecule has 1 saturated heterocycles. The van der Waals surface area contributed by atoms with Gasteiger partial charge in [-0.3, -0.25) is 0 Å².